The first kappa shape index (κ1) is 24.2. The molecule has 0 fully saturated rings. The molecule has 1 amide bonds. The highest BCUT2D eigenvalue weighted by Gasteiger charge is 2.27. The van der Waals surface area contributed by atoms with E-state index in [1.54, 1.807) is 49.4 Å². The summed E-state index contributed by atoms with van der Waals surface area (Å²) in [4.78, 5) is 12.6. The molecule has 182 valence electrons. The Labute approximate surface area is 203 Å². The van der Waals surface area contributed by atoms with Crippen molar-refractivity contribution < 1.29 is 27.1 Å². The van der Waals surface area contributed by atoms with Gasteiger partial charge in [0.2, 0.25) is 0 Å². The number of nitrogens with one attached hydrogen (secondary N) is 1. The zero-order chi connectivity index (χ0) is 25.0. The van der Waals surface area contributed by atoms with Gasteiger partial charge in [-0.25, -0.2) is 18.2 Å². The van der Waals surface area contributed by atoms with Crippen molar-refractivity contribution >= 4 is 27.3 Å². The lowest BCUT2D eigenvalue weighted by molar-refractivity contribution is -0.119. The number of hydrazone groups is 1. The van der Waals surface area contributed by atoms with Crippen LogP contribution in [0.3, 0.4) is 0 Å². The van der Waals surface area contributed by atoms with E-state index in [0.717, 1.165) is 34.1 Å². The van der Waals surface area contributed by atoms with Crippen LogP contribution in [0, 0.1) is 12.7 Å². The van der Waals surface area contributed by atoms with Crippen LogP contribution in [0.2, 0.25) is 0 Å². The lowest BCUT2D eigenvalue weighted by Crippen LogP contribution is -2.39. The van der Waals surface area contributed by atoms with Gasteiger partial charge in [-0.1, -0.05) is 17.7 Å². The number of ether oxygens (including phenoxy) is 2. The minimum atomic E-state index is -4.15. The second-order valence-corrected chi connectivity index (χ2v) is 9.75. The molecule has 4 rings (SSSR count). The molecule has 0 aliphatic carbocycles. The molecule has 35 heavy (non-hydrogen) atoms. The van der Waals surface area contributed by atoms with Gasteiger partial charge in [-0.3, -0.25) is 9.10 Å². The average Bonchev–Trinajstić information content (AvgIpc) is 2.86. The number of hydrogen-bond donors (Lipinski definition) is 1. The number of anilines is 1. The number of aryl methyl sites for hydroxylation is 1. The van der Waals surface area contributed by atoms with E-state index in [0.29, 0.717) is 41.7 Å². The highest BCUT2D eigenvalue weighted by atomic mass is 32.2. The second kappa shape index (κ2) is 10.1. The van der Waals surface area contributed by atoms with Crippen molar-refractivity contribution in [2.45, 2.75) is 18.7 Å². The Morgan fingerprint density at radius 2 is 1.66 bits per heavy atom. The number of sulfonamides is 1. The van der Waals surface area contributed by atoms with E-state index in [4.69, 9.17) is 9.47 Å². The quantitative estimate of drug-likeness (QED) is 0.397. The van der Waals surface area contributed by atoms with Crippen molar-refractivity contribution in [1.29, 1.82) is 0 Å². The first-order valence-electron chi connectivity index (χ1n) is 10.8. The zero-order valence-electron chi connectivity index (χ0n) is 19.2. The van der Waals surface area contributed by atoms with E-state index >= 15 is 0 Å². The van der Waals surface area contributed by atoms with Crippen LogP contribution in [0.25, 0.3) is 0 Å². The molecule has 3 aromatic rings. The molecule has 10 heteroatoms. The Morgan fingerprint density at radius 3 is 2.34 bits per heavy atom. The number of hydrogen-bond acceptors (Lipinski definition) is 6. The van der Waals surface area contributed by atoms with Crippen LogP contribution < -0.4 is 19.2 Å². The Bertz CT molecular complexity index is 1360. The van der Waals surface area contributed by atoms with Gasteiger partial charge in [0.05, 0.1) is 16.3 Å². The molecule has 0 bridgehead atoms. The standard InChI is InChI=1S/C25H24FN3O5S/c1-17-3-8-21(9-4-17)29(35(31,32)22-10-6-20(26)7-11-22)16-25(30)28-27-18(2)19-5-12-23-24(15-19)34-14-13-33-23/h3-12,15H,13-14,16H2,1-2H3,(H,28,30)/b27-18-. The van der Waals surface area contributed by atoms with Crippen molar-refractivity contribution in [2.75, 3.05) is 24.1 Å². The van der Waals surface area contributed by atoms with Gasteiger partial charge in [0.1, 0.15) is 25.6 Å². The van der Waals surface area contributed by atoms with Gasteiger partial charge >= 0.3 is 0 Å². The normalized spacial score (nSPS) is 13.3. The van der Waals surface area contributed by atoms with Crippen molar-refractivity contribution in [3.8, 4) is 11.5 Å². The summed E-state index contributed by atoms with van der Waals surface area (Å²) in [5.41, 5.74) is 4.85. The highest BCUT2D eigenvalue weighted by Crippen LogP contribution is 2.31. The summed E-state index contributed by atoms with van der Waals surface area (Å²) in [6.07, 6.45) is 0. The van der Waals surface area contributed by atoms with E-state index in [9.17, 15) is 17.6 Å². The Kier molecular flexibility index (Phi) is 7.02. The molecule has 1 aliphatic heterocycles. The summed E-state index contributed by atoms with van der Waals surface area (Å²) in [7, 11) is -4.15. The van der Waals surface area contributed by atoms with E-state index in [2.05, 4.69) is 10.5 Å². The molecule has 8 nitrogen and oxygen atoms in total. The van der Waals surface area contributed by atoms with Gasteiger partial charge in [-0.15, -0.1) is 0 Å². The Hall–Kier alpha value is -3.92. The molecule has 0 unspecified atom stereocenters. The summed E-state index contributed by atoms with van der Waals surface area (Å²) >= 11 is 0. The molecule has 0 radical (unpaired) electrons. The highest BCUT2D eigenvalue weighted by molar-refractivity contribution is 7.92. The van der Waals surface area contributed by atoms with Crippen LogP contribution in [0.15, 0.2) is 76.7 Å². The summed E-state index contributed by atoms with van der Waals surface area (Å²) in [5, 5.41) is 4.12. The van der Waals surface area contributed by atoms with Crippen LogP contribution in [0.1, 0.15) is 18.1 Å². The zero-order valence-corrected chi connectivity index (χ0v) is 20.0. The molecule has 0 saturated heterocycles. The minimum absolute atomic E-state index is 0.136. The van der Waals surface area contributed by atoms with E-state index in [-0.39, 0.29) is 4.90 Å². The lowest BCUT2D eigenvalue weighted by atomic mass is 10.1. The largest absolute Gasteiger partial charge is 0.486 e. The minimum Gasteiger partial charge on any atom is -0.486 e. The van der Waals surface area contributed by atoms with E-state index in [1.165, 1.54) is 0 Å². The Balaban J connectivity index is 1.55. The molecular formula is C25H24FN3O5S. The molecule has 1 aliphatic rings. The van der Waals surface area contributed by atoms with Crippen LogP contribution >= 0.6 is 0 Å². The number of halogens is 1. The molecule has 0 saturated carbocycles. The number of fused-ring (bicyclic) bond motifs is 1. The number of nitrogens with zero attached hydrogens (tertiary/aromatic N) is 2. The van der Waals surface area contributed by atoms with Crippen molar-refractivity contribution in [2.24, 2.45) is 5.10 Å². The van der Waals surface area contributed by atoms with E-state index in [1.807, 2.05) is 6.92 Å². The lowest BCUT2D eigenvalue weighted by Gasteiger charge is -2.24. The molecule has 1 N–H and O–H groups in total. The second-order valence-electron chi connectivity index (χ2n) is 7.89. The third-order valence-corrected chi connectivity index (χ3v) is 7.11. The summed E-state index contributed by atoms with van der Waals surface area (Å²) in [5.74, 6) is 0.0165. The maximum atomic E-state index is 13.4. The number of carbonyl (C=O) groups is 1. The molecule has 1 heterocycles. The fourth-order valence-corrected chi connectivity index (χ4v) is 4.83. The van der Waals surface area contributed by atoms with Crippen molar-refractivity contribution in [1.82, 2.24) is 5.43 Å². The maximum absolute atomic E-state index is 13.4. The summed E-state index contributed by atoms with van der Waals surface area (Å²) in [6, 6.07) is 16.4. The van der Waals surface area contributed by atoms with Gasteiger partial charge in [-0.2, -0.15) is 5.10 Å². The molecular weight excluding hydrogens is 473 g/mol. The predicted octanol–water partition coefficient (Wildman–Crippen LogP) is 3.64. The SMILES string of the molecule is C/C(=N/NC(=O)CN(c1ccc(C)cc1)S(=O)(=O)c1ccc(F)cc1)c1ccc2c(c1)OCCO2. The first-order valence-corrected chi connectivity index (χ1v) is 12.3. The molecule has 0 atom stereocenters. The monoisotopic (exact) mass is 497 g/mol. The van der Waals surface area contributed by atoms with Gasteiger partial charge < -0.3 is 9.47 Å². The van der Waals surface area contributed by atoms with E-state index < -0.39 is 28.3 Å². The van der Waals surface area contributed by atoms with Gasteiger partial charge in [0, 0.05) is 5.56 Å². The first-order chi connectivity index (χ1) is 16.7. The topological polar surface area (TPSA) is 97.3 Å². The number of rotatable bonds is 7. The van der Waals surface area contributed by atoms with Crippen LogP contribution in [-0.2, 0) is 14.8 Å². The maximum Gasteiger partial charge on any atom is 0.264 e. The number of benzene rings is 3. The van der Waals surface area contributed by atoms with Gasteiger partial charge in [0.15, 0.2) is 11.5 Å². The van der Waals surface area contributed by atoms with Crippen LogP contribution in [0.5, 0.6) is 11.5 Å². The summed E-state index contributed by atoms with van der Waals surface area (Å²) in [6.45, 7) is 3.97. The van der Waals surface area contributed by atoms with Crippen molar-refractivity contribution in [3.63, 3.8) is 0 Å². The fraction of sp³-hybridized carbons (Fsp3) is 0.200. The third-order valence-electron chi connectivity index (χ3n) is 5.32. The van der Waals surface area contributed by atoms with Gasteiger partial charge in [-0.05, 0) is 68.4 Å². The summed E-state index contributed by atoms with van der Waals surface area (Å²) < 4.78 is 52.0. The number of carbonyl (C=O) groups excluding carboxylic acids is 1. The third kappa shape index (κ3) is 5.60. The van der Waals surface area contributed by atoms with Crippen LogP contribution in [-0.4, -0.2) is 39.8 Å². The molecule has 0 spiro atoms. The Morgan fingerprint density at radius 1 is 1.00 bits per heavy atom. The molecule has 3 aromatic carbocycles. The number of amides is 1. The average molecular weight is 498 g/mol. The van der Waals surface area contributed by atoms with Crippen molar-refractivity contribution in [3.05, 3.63) is 83.7 Å². The van der Waals surface area contributed by atoms with Gasteiger partial charge in [0.25, 0.3) is 15.9 Å². The van der Waals surface area contributed by atoms with Crippen LogP contribution in [0.4, 0.5) is 10.1 Å². The molecule has 0 aromatic heterocycles. The smallest absolute Gasteiger partial charge is 0.264 e. The fourth-order valence-electron chi connectivity index (χ4n) is 3.40. The predicted molar refractivity (Wildman–Crippen MR) is 130 cm³/mol.